The third-order valence-corrected chi connectivity index (χ3v) is 4.79. The number of likely N-dealkylation sites (N-methyl/N-ethyl adjacent to an activating group) is 1. The number of urea groups is 1. The van der Waals surface area contributed by atoms with Gasteiger partial charge in [0.15, 0.2) is 17.4 Å². The maximum absolute atomic E-state index is 12.2. The monoisotopic (exact) mass is 356 g/mol. The number of amides is 3. The number of ether oxygens (including phenoxy) is 1. The molecule has 1 saturated heterocycles. The molecule has 0 aromatic heterocycles. The molecule has 0 aromatic carbocycles. The van der Waals surface area contributed by atoms with Gasteiger partial charge in [-0.3, -0.25) is 14.9 Å². The lowest BCUT2D eigenvalue weighted by Crippen LogP contribution is -2.64. The minimum Gasteiger partial charge on any atom is -0.464 e. The Morgan fingerprint density at radius 3 is 2.75 bits per heavy atom. The van der Waals surface area contributed by atoms with Crippen LogP contribution in [0.3, 0.4) is 0 Å². The molecule has 0 aliphatic carbocycles. The number of rotatable bonds is 7. The van der Waals surface area contributed by atoms with E-state index in [9.17, 15) is 14.4 Å². The van der Waals surface area contributed by atoms with Crippen molar-refractivity contribution in [3.8, 4) is 0 Å². The summed E-state index contributed by atoms with van der Waals surface area (Å²) < 4.78 is 5.24. The van der Waals surface area contributed by atoms with Crippen molar-refractivity contribution in [3.05, 3.63) is 0 Å². The maximum Gasteiger partial charge on any atom is 0.325 e. The zero-order valence-electron chi connectivity index (χ0n) is 14.3. The summed E-state index contributed by atoms with van der Waals surface area (Å²) in [6.45, 7) is 4.38. The van der Waals surface area contributed by atoms with Gasteiger partial charge in [0.05, 0.1) is 6.61 Å². The summed E-state index contributed by atoms with van der Waals surface area (Å²) in [6.07, 6.45) is 2.29. The van der Waals surface area contributed by atoms with Gasteiger partial charge in [-0.05, 0) is 12.2 Å². The molecule has 0 bridgehead atoms. The maximum atomic E-state index is 12.2. The highest BCUT2D eigenvalue weighted by Gasteiger charge is 2.49. The second-order valence-electron chi connectivity index (χ2n) is 5.66. The number of unbranched alkanes of at least 4 members (excludes halogenated alkanes) is 2. The SMILES string of the molecule is CCCCCOC(=O)CN1C(SCC)=NC2C1C(=O)NC(=O)N2C. The fraction of sp³-hybridized carbons (Fsp3) is 0.733. The molecule has 2 unspecified atom stereocenters. The summed E-state index contributed by atoms with van der Waals surface area (Å²) in [4.78, 5) is 43.6. The molecule has 0 spiro atoms. The second kappa shape index (κ2) is 8.36. The number of amidine groups is 1. The lowest BCUT2D eigenvalue weighted by atomic mass is 10.1. The first kappa shape index (κ1) is 18.6. The Balaban J connectivity index is 2.05. The van der Waals surface area contributed by atoms with Crippen LogP contribution in [0.4, 0.5) is 4.79 Å². The summed E-state index contributed by atoms with van der Waals surface area (Å²) in [6, 6.07) is -1.17. The topological polar surface area (TPSA) is 91.3 Å². The van der Waals surface area contributed by atoms with Crippen LogP contribution >= 0.6 is 11.8 Å². The van der Waals surface area contributed by atoms with Crippen LogP contribution in [0.5, 0.6) is 0 Å². The first-order chi connectivity index (χ1) is 11.5. The molecular formula is C15H24N4O4S. The van der Waals surface area contributed by atoms with Gasteiger partial charge in [-0.1, -0.05) is 38.5 Å². The molecular weight excluding hydrogens is 332 g/mol. The van der Waals surface area contributed by atoms with Crippen LogP contribution < -0.4 is 5.32 Å². The molecule has 2 atom stereocenters. The summed E-state index contributed by atoms with van der Waals surface area (Å²) in [7, 11) is 1.59. The van der Waals surface area contributed by atoms with E-state index >= 15 is 0 Å². The number of esters is 1. The van der Waals surface area contributed by atoms with E-state index in [4.69, 9.17) is 4.74 Å². The van der Waals surface area contributed by atoms with Crippen LogP contribution in [-0.4, -0.2) is 71.0 Å². The van der Waals surface area contributed by atoms with E-state index in [1.54, 1.807) is 11.9 Å². The van der Waals surface area contributed by atoms with E-state index in [-0.39, 0.29) is 12.5 Å². The van der Waals surface area contributed by atoms with Crippen LogP contribution in [0.15, 0.2) is 4.99 Å². The fourth-order valence-corrected chi connectivity index (χ4v) is 3.42. The summed E-state index contributed by atoms with van der Waals surface area (Å²) in [5.74, 6) is -0.0691. The van der Waals surface area contributed by atoms with Gasteiger partial charge in [0.25, 0.3) is 5.91 Å². The number of nitrogens with zero attached hydrogens (tertiary/aromatic N) is 3. The summed E-state index contributed by atoms with van der Waals surface area (Å²) in [5.41, 5.74) is 0. The summed E-state index contributed by atoms with van der Waals surface area (Å²) in [5, 5.41) is 2.89. The Morgan fingerprint density at radius 1 is 1.33 bits per heavy atom. The minimum absolute atomic E-state index is 0.0470. The van der Waals surface area contributed by atoms with Gasteiger partial charge in [-0.15, -0.1) is 0 Å². The van der Waals surface area contributed by atoms with Gasteiger partial charge in [-0.25, -0.2) is 9.79 Å². The van der Waals surface area contributed by atoms with Crippen LogP contribution in [0, 0.1) is 0 Å². The highest BCUT2D eigenvalue weighted by molar-refractivity contribution is 8.13. The lowest BCUT2D eigenvalue weighted by Gasteiger charge is -2.35. The zero-order chi connectivity index (χ0) is 17.7. The number of fused-ring (bicyclic) bond motifs is 1. The quantitative estimate of drug-likeness (QED) is 0.541. The van der Waals surface area contributed by atoms with E-state index in [0.717, 1.165) is 25.0 Å². The van der Waals surface area contributed by atoms with Crippen LogP contribution in [-0.2, 0) is 14.3 Å². The number of hydrogen-bond acceptors (Lipinski definition) is 7. The highest BCUT2D eigenvalue weighted by atomic mass is 32.2. The Hall–Kier alpha value is -1.77. The molecule has 1 N–H and O–H groups in total. The smallest absolute Gasteiger partial charge is 0.325 e. The number of aliphatic imine (C=N–C) groups is 1. The third kappa shape index (κ3) is 4.00. The van der Waals surface area contributed by atoms with Crippen molar-refractivity contribution < 1.29 is 19.1 Å². The average molecular weight is 356 g/mol. The first-order valence-electron chi connectivity index (χ1n) is 8.20. The van der Waals surface area contributed by atoms with Crippen molar-refractivity contribution in [2.45, 2.75) is 45.3 Å². The molecule has 2 heterocycles. The third-order valence-electron chi connectivity index (χ3n) is 3.91. The molecule has 0 saturated carbocycles. The predicted molar refractivity (Wildman–Crippen MR) is 91.6 cm³/mol. The normalized spacial score (nSPS) is 23.0. The fourth-order valence-electron chi connectivity index (χ4n) is 2.64. The Labute approximate surface area is 146 Å². The van der Waals surface area contributed by atoms with Crippen LogP contribution in [0.2, 0.25) is 0 Å². The van der Waals surface area contributed by atoms with Crippen molar-refractivity contribution in [3.63, 3.8) is 0 Å². The van der Waals surface area contributed by atoms with E-state index in [0.29, 0.717) is 11.8 Å². The van der Waals surface area contributed by atoms with Gasteiger partial charge >= 0.3 is 12.0 Å². The van der Waals surface area contributed by atoms with Gasteiger partial charge < -0.3 is 14.5 Å². The number of carbonyl (C=O) groups is 3. The minimum atomic E-state index is -0.690. The van der Waals surface area contributed by atoms with Crippen molar-refractivity contribution >= 4 is 34.8 Å². The van der Waals surface area contributed by atoms with Crippen LogP contribution in [0.1, 0.15) is 33.1 Å². The lowest BCUT2D eigenvalue weighted by molar-refractivity contribution is -0.145. The Kier molecular flexibility index (Phi) is 6.47. The van der Waals surface area contributed by atoms with Crippen molar-refractivity contribution in [2.75, 3.05) is 26.0 Å². The average Bonchev–Trinajstić information content (AvgIpc) is 2.89. The number of nitrogens with one attached hydrogen (secondary N) is 1. The van der Waals surface area contributed by atoms with E-state index < -0.39 is 24.1 Å². The first-order valence-corrected chi connectivity index (χ1v) is 9.18. The molecule has 2 aliphatic rings. The number of thioether (sulfide) groups is 1. The predicted octanol–water partition coefficient (Wildman–Crippen LogP) is 1.02. The highest BCUT2D eigenvalue weighted by Crippen LogP contribution is 2.28. The Morgan fingerprint density at radius 2 is 2.08 bits per heavy atom. The molecule has 24 heavy (non-hydrogen) atoms. The molecule has 9 heteroatoms. The number of hydrogen-bond donors (Lipinski definition) is 1. The van der Waals surface area contributed by atoms with Crippen molar-refractivity contribution in [2.24, 2.45) is 4.99 Å². The molecule has 8 nitrogen and oxygen atoms in total. The molecule has 2 rings (SSSR count). The van der Waals surface area contributed by atoms with E-state index in [1.807, 2.05) is 6.92 Å². The van der Waals surface area contributed by atoms with Crippen LogP contribution in [0.25, 0.3) is 0 Å². The van der Waals surface area contributed by atoms with Gasteiger partial charge in [-0.2, -0.15) is 0 Å². The molecule has 0 aromatic rings. The standard InChI is InChI=1S/C15H24N4O4S/c1-4-6-7-8-23-10(20)9-19-11-12(16-15(19)24-5-2)18(3)14(22)17-13(11)21/h11-12H,4-9H2,1-3H3,(H,17,21,22). The molecule has 3 amide bonds. The second-order valence-corrected chi connectivity index (χ2v) is 6.90. The number of imide groups is 1. The number of carbonyl (C=O) groups excluding carboxylic acids is 3. The molecule has 2 aliphatic heterocycles. The largest absolute Gasteiger partial charge is 0.464 e. The van der Waals surface area contributed by atoms with Crippen molar-refractivity contribution in [1.29, 1.82) is 0 Å². The molecule has 134 valence electrons. The van der Waals surface area contributed by atoms with Crippen molar-refractivity contribution in [1.82, 2.24) is 15.1 Å². The molecule has 0 radical (unpaired) electrons. The van der Waals surface area contributed by atoms with Gasteiger partial charge in [0, 0.05) is 7.05 Å². The van der Waals surface area contributed by atoms with Gasteiger partial charge in [0.2, 0.25) is 0 Å². The van der Waals surface area contributed by atoms with E-state index in [2.05, 4.69) is 17.2 Å². The Bertz CT molecular complexity index is 540. The zero-order valence-corrected chi connectivity index (χ0v) is 15.1. The van der Waals surface area contributed by atoms with Gasteiger partial charge in [0.1, 0.15) is 6.54 Å². The van der Waals surface area contributed by atoms with E-state index in [1.165, 1.54) is 16.7 Å². The summed E-state index contributed by atoms with van der Waals surface area (Å²) >= 11 is 1.44. The molecule has 1 fully saturated rings.